The van der Waals surface area contributed by atoms with E-state index in [1.165, 1.54) is 10.9 Å². The second kappa shape index (κ2) is 7.16. The topological polar surface area (TPSA) is 120 Å². The number of anilines is 1. The van der Waals surface area contributed by atoms with Gasteiger partial charge in [-0.15, -0.1) is 0 Å². The van der Waals surface area contributed by atoms with Crippen LogP contribution in [0.5, 0.6) is 0 Å². The van der Waals surface area contributed by atoms with Crippen LogP contribution in [0.3, 0.4) is 0 Å². The van der Waals surface area contributed by atoms with Crippen molar-refractivity contribution in [1.29, 1.82) is 0 Å². The summed E-state index contributed by atoms with van der Waals surface area (Å²) < 4.78 is 34.6. The predicted molar refractivity (Wildman–Crippen MR) is 93.2 cm³/mol. The molecule has 0 atom stereocenters. The standard InChI is InChI=1S/C16H18N4O5S/c1-11-12(17-16(25-11)13-4-3-8-24-13)10-15(21)18-14-5-6-20(19-14)7-9-26(2,22)23/h3-6,8H,7,9-10H2,1-2H3,(H,18,19,21). The van der Waals surface area contributed by atoms with Gasteiger partial charge in [0.1, 0.15) is 15.6 Å². The highest BCUT2D eigenvalue weighted by atomic mass is 32.2. The zero-order chi connectivity index (χ0) is 18.7. The lowest BCUT2D eigenvalue weighted by Crippen LogP contribution is -2.16. The number of aromatic nitrogens is 3. The van der Waals surface area contributed by atoms with Crippen molar-refractivity contribution >= 4 is 21.6 Å². The first-order valence-electron chi connectivity index (χ1n) is 7.81. The highest BCUT2D eigenvalue weighted by Crippen LogP contribution is 2.22. The molecule has 0 aliphatic heterocycles. The number of aryl methyl sites for hydroxylation is 2. The molecule has 3 heterocycles. The van der Waals surface area contributed by atoms with E-state index in [-0.39, 0.29) is 24.6 Å². The number of hydrogen-bond donors (Lipinski definition) is 1. The lowest BCUT2D eigenvalue weighted by Gasteiger charge is -2.01. The summed E-state index contributed by atoms with van der Waals surface area (Å²) in [5, 5.41) is 6.78. The summed E-state index contributed by atoms with van der Waals surface area (Å²) in [5.41, 5.74) is 0.505. The Morgan fingerprint density at radius 2 is 2.15 bits per heavy atom. The Bertz CT molecular complexity index is 1000. The maximum atomic E-state index is 12.2. The number of furan rings is 1. The number of sulfone groups is 1. The molecular formula is C16H18N4O5S. The second-order valence-corrected chi connectivity index (χ2v) is 8.08. The molecular weight excluding hydrogens is 360 g/mol. The average molecular weight is 378 g/mol. The minimum Gasteiger partial charge on any atom is -0.459 e. The molecule has 0 saturated heterocycles. The molecule has 1 amide bonds. The Morgan fingerprint density at radius 1 is 1.35 bits per heavy atom. The maximum Gasteiger partial charge on any atom is 0.263 e. The van der Waals surface area contributed by atoms with E-state index in [2.05, 4.69) is 15.4 Å². The minimum absolute atomic E-state index is 0.0181. The van der Waals surface area contributed by atoms with Crippen LogP contribution in [-0.4, -0.2) is 41.1 Å². The van der Waals surface area contributed by atoms with Crippen molar-refractivity contribution in [2.45, 2.75) is 19.9 Å². The first-order valence-corrected chi connectivity index (χ1v) is 9.87. The van der Waals surface area contributed by atoms with E-state index in [4.69, 9.17) is 8.83 Å². The van der Waals surface area contributed by atoms with Gasteiger partial charge in [0.05, 0.1) is 30.7 Å². The number of nitrogens with one attached hydrogen (secondary N) is 1. The van der Waals surface area contributed by atoms with Crippen molar-refractivity contribution in [3.05, 3.63) is 42.1 Å². The van der Waals surface area contributed by atoms with Gasteiger partial charge < -0.3 is 14.2 Å². The molecule has 26 heavy (non-hydrogen) atoms. The Kier molecular flexibility index (Phi) is 4.94. The molecule has 0 radical (unpaired) electrons. The predicted octanol–water partition coefficient (Wildman–Crippen LogP) is 1.67. The molecule has 9 nitrogen and oxygen atoms in total. The first-order chi connectivity index (χ1) is 12.3. The fourth-order valence-electron chi connectivity index (χ4n) is 2.25. The van der Waals surface area contributed by atoms with E-state index >= 15 is 0 Å². The quantitative estimate of drug-likeness (QED) is 0.664. The molecule has 0 unspecified atom stereocenters. The van der Waals surface area contributed by atoms with Gasteiger partial charge in [-0.05, 0) is 19.1 Å². The third-order valence-electron chi connectivity index (χ3n) is 3.55. The number of nitrogens with zero attached hydrogens (tertiary/aromatic N) is 3. The van der Waals surface area contributed by atoms with Crippen molar-refractivity contribution in [2.75, 3.05) is 17.3 Å². The number of rotatable bonds is 7. The summed E-state index contributed by atoms with van der Waals surface area (Å²) in [6.45, 7) is 1.95. The van der Waals surface area contributed by atoms with Gasteiger partial charge in [0.25, 0.3) is 5.89 Å². The zero-order valence-electron chi connectivity index (χ0n) is 14.3. The van der Waals surface area contributed by atoms with Gasteiger partial charge in [-0.2, -0.15) is 5.10 Å². The molecule has 0 fully saturated rings. The monoisotopic (exact) mass is 378 g/mol. The van der Waals surface area contributed by atoms with Crippen molar-refractivity contribution in [3.63, 3.8) is 0 Å². The van der Waals surface area contributed by atoms with E-state index in [1.54, 1.807) is 31.3 Å². The number of hydrogen-bond acceptors (Lipinski definition) is 7. The van der Waals surface area contributed by atoms with Gasteiger partial charge in [-0.25, -0.2) is 13.4 Å². The van der Waals surface area contributed by atoms with Crippen LogP contribution in [0.25, 0.3) is 11.7 Å². The van der Waals surface area contributed by atoms with Crippen molar-refractivity contribution < 1.29 is 22.0 Å². The van der Waals surface area contributed by atoms with Crippen LogP contribution in [0.15, 0.2) is 39.5 Å². The third kappa shape index (κ3) is 4.60. The molecule has 0 aliphatic rings. The number of carbonyl (C=O) groups is 1. The molecule has 3 aromatic rings. The minimum atomic E-state index is -3.07. The molecule has 0 saturated carbocycles. The van der Waals surface area contributed by atoms with Gasteiger partial charge in [-0.3, -0.25) is 9.48 Å². The van der Waals surface area contributed by atoms with Crippen LogP contribution < -0.4 is 5.32 Å². The van der Waals surface area contributed by atoms with E-state index in [0.29, 0.717) is 28.9 Å². The third-order valence-corrected chi connectivity index (χ3v) is 4.48. The molecule has 3 rings (SSSR count). The molecule has 138 valence electrons. The fraction of sp³-hybridized carbons (Fsp3) is 0.312. The maximum absolute atomic E-state index is 12.2. The van der Waals surface area contributed by atoms with E-state index < -0.39 is 9.84 Å². The van der Waals surface area contributed by atoms with Gasteiger partial charge >= 0.3 is 0 Å². The van der Waals surface area contributed by atoms with Gasteiger partial charge in [-0.1, -0.05) is 0 Å². The number of oxazole rings is 1. The van der Waals surface area contributed by atoms with E-state index in [1.807, 2.05) is 0 Å². The zero-order valence-corrected chi connectivity index (χ0v) is 15.1. The Labute approximate surface area is 149 Å². The van der Waals surface area contributed by atoms with Crippen molar-refractivity contribution in [3.8, 4) is 11.7 Å². The van der Waals surface area contributed by atoms with Crippen LogP contribution in [0.1, 0.15) is 11.5 Å². The number of carbonyl (C=O) groups excluding carboxylic acids is 1. The highest BCUT2D eigenvalue weighted by Gasteiger charge is 2.16. The molecule has 0 bridgehead atoms. The Morgan fingerprint density at radius 3 is 2.85 bits per heavy atom. The smallest absolute Gasteiger partial charge is 0.263 e. The Balaban J connectivity index is 1.60. The fourth-order valence-corrected chi connectivity index (χ4v) is 2.77. The summed E-state index contributed by atoms with van der Waals surface area (Å²) in [6.07, 6.45) is 4.31. The average Bonchev–Trinajstić information content (AvgIpc) is 3.27. The molecule has 3 aromatic heterocycles. The molecule has 1 N–H and O–H groups in total. The van der Waals surface area contributed by atoms with Crippen molar-refractivity contribution in [2.24, 2.45) is 0 Å². The van der Waals surface area contributed by atoms with Crippen LogP contribution in [0, 0.1) is 6.92 Å². The van der Waals surface area contributed by atoms with Gasteiger partial charge in [0.15, 0.2) is 11.6 Å². The summed E-state index contributed by atoms with van der Waals surface area (Å²) in [7, 11) is -3.07. The largest absolute Gasteiger partial charge is 0.459 e. The van der Waals surface area contributed by atoms with E-state index in [0.717, 1.165) is 6.26 Å². The van der Waals surface area contributed by atoms with Gasteiger partial charge in [0.2, 0.25) is 5.91 Å². The summed E-state index contributed by atoms with van der Waals surface area (Å²) in [6, 6.07) is 5.05. The second-order valence-electron chi connectivity index (χ2n) is 5.82. The summed E-state index contributed by atoms with van der Waals surface area (Å²) >= 11 is 0. The van der Waals surface area contributed by atoms with Crippen LogP contribution in [0.2, 0.25) is 0 Å². The first kappa shape index (κ1) is 17.9. The molecule has 10 heteroatoms. The molecule has 0 aromatic carbocycles. The van der Waals surface area contributed by atoms with Crippen LogP contribution in [-0.2, 0) is 27.6 Å². The Hall–Kier alpha value is -2.88. The summed E-state index contributed by atoms with van der Waals surface area (Å²) in [4.78, 5) is 16.5. The highest BCUT2D eigenvalue weighted by molar-refractivity contribution is 7.90. The molecule has 0 aliphatic carbocycles. The molecule has 0 spiro atoms. The van der Waals surface area contributed by atoms with Crippen LogP contribution in [0.4, 0.5) is 5.82 Å². The van der Waals surface area contributed by atoms with Gasteiger partial charge in [0, 0.05) is 18.5 Å². The van der Waals surface area contributed by atoms with E-state index in [9.17, 15) is 13.2 Å². The normalized spacial score (nSPS) is 11.6. The van der Waals surface area contributed by atoms with Crippen molar-refractivity contribution in [1.82, 2.24) is 14.8 Å². The lowest BCUT2D eigenvalue weighted by atomic mass is 10.2. The summed E-state index contributed by atoms with van der Waals surface area (Å²) in [5.74, 6) is 1.36. The SMILES string of the molecule is Cc1oc(-c2ccco2)nc1CC(=O)Nc1ccn(CCS(C)(=O)=O)n1. The van der Waals surface area contributed by atoms with Crippen LogP contribution >= 0.6 is 0 Å². The number of amides is 1. The lowest BCUT2D eigenvalue weighted by molar-refractivity contribution is -0.115.